The Morgan fingerprint density at radius 1 is 1.53 bits per heavy atom. The molecule has 0 aliphatic rings. The van der Waals surface area contributed by atoms with Crippen LogP contribution in [0.3, 0.4) is 0 Å². The van der Waals surface area contributed by atoms with Gasteiger partial charge in [-0.3, -0.25) is 4.79 Å². The highest BCUT2D eigenvalue weighted by atomic mass is 19.1. The number of benzene rings is 1. The summed E-state index contributed by atoms with van der Waals surface area (Å²) in [4.78, 5) is 11.4. The average Bonchev–Trinajstić information content (AvgIpc) is 2.42. The van der Waals surface area contributed by atoms with Crippen LogP contribution in [0, 0.1) is 5.82 Å². The van der Waals surface area contributed by atoms with Crippen molar-refractivity contribution in [1.29, 1.82) is 0 Å². The van der Waals surface area contributed by atoms with Crippen molar-refractivity contribution >= 4 is 11.6 Å². The van der Waals surface area contributed by atoms with Crippen LogP contribution in [0.4, 0.5) is 4.39 Å². The molecule has 0 atom stereocenters. The summed E-state index contributed by atoms with van der Waals surface area (Å²) in [6.07, 6.45) is 0.837. The molecule has 0 unspecified atom stereocenters. The summed E-state index contributed by atoms with van der Waals surface area (Å²) >= 11 is 0. The van der Waals surface area contributed by atoms with Crippen molar-refractivity contribution in [3.8, 4) is 5.75 Å². The number of hydrogen-bond donors (Lipinski definition) is 2. The second-order valence-electron chi connectivity index (χ2n) is 3.96. The third-order valence-corrected chi connectivity index (χ3v) is 2.41. The Morgan fingerprint density at radius 3 is 2.89 bits per heavy atom. The minimum atomic E-state index is -0.471. The summed E-state index contributed by atoms with van der Waals surface area (Å²) in [5.74, 6) is -0.431. The molecule has 0 bridgehead atoms. The SMILES string of the molecule is CCCNC(=O)COc1ccc(F)cc1C(C)=NO. The molecule has 104 valence electrons. The zero-order chi connectivity index (χ0) is 14.3. The molecule has 0 aliphatic heterocycles. The van der Waals surface area contributed by atoms with Gasteiger partial charge in [0.2, 0.25) is 0 Å². The van der Waals surface area contributed by atoms with Gasteiger partial charge in [-0.2, -0.15) is 0 Å². The molecule has 19 heavy (non-hydrogen) atoms. The maximum absolute atomic E-state index is 13.1. The number of oxime groups is 1. The van der Waals surface area contributed by atoms with Gasteiger partial charge >= 0.3 is 0 Å². The Labute approximate surface area is 111 Å². The van der Waals surface area contributed by atoms with Crippen LogP contribution in [0.15, 0.2) is 23.4 Å². The second kappa shape index (κ2) is 7.35. The van der Waals surface area contributed by atoms with Gasteiger partial charge in [-0.1, -0.05) is 12.1 Å². The molecule has 1 rings (SSSR count). The van der Waals surface area contributed by atoms with Crippen LogP contribution in [0.5, 0.6) is 5.75 Å². The van der Waals surface area contributed by atoms with Crippen LogP contribution in [-0.2, 0) is 4.79 Å². The van der Waals surface area contributed by atoms with Gasteiger partial charge in [-0.15, -0.1) is 0 Å². The van der Waals surface area contributed by atoms with Gasteiger partial charge in [0, 0.05) is 12.1 Å². The Morgan fingerprint density at radius 2 is 2.26 bits per heavy atom. The molecule has 1 amide bonds. The van der Waals surface area contributed by atoms with E-state index >= 15 is 0 Å². The molecule has 1 aromatic rings. The first-order valence-electron chi connectivity index (χ1n) is 5.96. The fourth-order valence-electron chi connectivity index (χ4n) is 1.42. The fraction of sp³-hybridized carbons (Fsp3) is 0.385. The van der Waals surface area contributed by atoms with Crippen molar-refractivity contribution < 1.29 is 19.1 Å². The van der Waals surface area contributed by atoms with E-state index in [-0.39, 0.29) is 18.2 Å². The van der Waals surface area contributed by atoms with E-state index in [4.69, 9.17) is 9.94 Å². The average molecular weight is 268 g/mol. The third kappa shape index (κ3) is 4.57. The number of nitrogens with zero attached hydrogens (tertiary/aromatic N) is 1. The van der Waals surface area contributed by atoms with E-state index in [2.05, 4.69) is 10.5 Å². The highest BCUT2D eigenvalue weighted by molar-refractivity contribution is 6.00. The smallest absolute Gasteiger partial charge is 0.257 e. The van der Waals surface area contributed by atoms with Crippen LogP contribution < -0.4 is 10.1 Å². The van der Waals surface area contributed by atoms with Crippen LogP contribution in [0.25, 0.3) is 0 Å². The lowest BCUT2D eigenvalue weighted by molar-refractivity contribution is -0.123. The molecule has 0 saturated heterocycles. The zero-order valence-electron chi connectivity index (χ0n) is 10.9. The standard InChI is InChI=1S/C13H17FN2O3/c1-3-6-15-13(17)8-19-12-5-4-10(14)7-11(12)9(2)16-18/h4-5,7,18H,3,6,8H2,1-2H3,(H,15,17). The summed E-state index contributed by atoms with van der Waals surface area (Å²) in [6.45, 7) is 3.87. The molecule has 6 heteroatoms. The molecule has 0 fully saturated rings. The van der Waals surface area contributed by atoms with E-state index in [1.165, 1.54) is 25.1 Å². The zero-order valence-corrected chi connectivity index (χ0v) is 10.9. The molecule has 1 aromatic carbocycles. The summed E-state index contributed by atoms with van der Waals surface area (Å²) in [5, 5.41) is 14.4. The minimum Gasteiger partial charge on any atom is -0.483 e. The van der Waals surface area contributed by atoms with Gasteiger partial charge in [0.05, 0.1) is 5.71 Å². The van der Waals surface area contributed by atoms with Crippen molar-refractivity contribution in [2.45, 2.75) is 20.3 Å². The van der Waals surface area contributed by atoms with E-state index in [1.807, 2.05) is 6.92 Å². The van der Waals surface area contributed by atoms with Crippen LogP contribution in [0.1, 0.15) is 25.8 Å². The van der Waals surface area contributed by atoms with Crippen molar-refractivity contribution in [1.82, 2.24) is 5.32 Å². The van der Waals surface area contributed by atoms with E-state index in [1.54, 1.807) is 0 Å². The van der Waals surface area contributed by atoms with E-state index in [0.717, 1.165) is 6.42 Å². The molecule has 0 aromatic heterocycles. The summed E-state index contributed by atoms with van der Waals surface area (Å²) < 4.78 is 18.4. The van der Waals surface area contributed by atoms with Gasteiger partial charge in [0.1, 0.15) is 11.6 Å². The highest BCUT2D eigenvalue weighted by Crippen LogP contribution is 2.20. The molecular formula is C13H17FN2O3. The van der Waals surface area contributed by atoms with Gasteiger partial charge in [-0.25, -0.2) is 4.39 Å². The monoisotopic (exact) mass is 268 g/mol. The molecule has 0 radical (unpaired) electrons. The topological polar surface area (TPSA) is 70.9 Å². The van der Waals surface area contributed by atoms with Crippen molar-refractivity contribution in [2.24, 2.45) is 5.16 Å². The molecule has 0 aliphatic carbocycles. The number of rotatable bonds is 6. The van der Waals surface area contributed by atoms with Crippen LogP contribution in [0.2, 0.25) is 0 Å². The number of carbonyl (C=O) groups excluding carboxylic acids is 1. The molecule has 5 nitrogen and oxygen atoms in total. The second-order valence-corrected chi connectivity index (χ2v) is 3.96. The van der Waals surface area contributed by atoms with E-state index in [9.17, 15) is 9.18 Å². The number of amides is 1. The van der Waals surface area contributed by atoms with Crippen LogP contribution in [-0.4, -0.2) is 30.0 Å². The molecule has 2 N–H and O–H groups in total. The lowest BCUT2D eigenvalue weighted by Crippen LogP contribution is -2.29. The number of hydrogen-bond acceptors (Lipinski definition) is 4. The summed E-state index contributed by atoms with van der Waals surface area (Å²) in [7, 11) is 0. The Bertz CT molecular complexity index is 475. The molecule has 0 saturated carbocycles. The van der Waals surface area contributed by atoms with E-state index < -0.39 is 5.82 Å². The van der Waals surface area contributed by atoms with Gasteiger partial charge < -0.3 is 15.3 Å². The Hall–Kier alpha value is -2.11. The highest BCUT2D eigenvalue weighted by Gasteiger charge is 2.10. The lowest BCUT2D eigenvalue weighted by Gasteiger charge is -2.11. The molecule has 0 spiro atoms. The Kier molecular flexibility index (Phi) is 5.78. The minimum absolute atomic E-state index is 0.169. The third-order valence-electron chi connectivity index (χ3n) is 2.41. The maximum Gasteiger partial charge on any atom is 0.257 e. The largest absolute Gasteiger partial charge is 0.483 e. The summed E-state index contributed by atoms with van der Waals surface area (Å²) in [6, 6.07) is 3.80. The predicted molar refractivity (Wildman–Crippen MR) is 69.2 cm³/mol. The van der Waals surface area contributed by atoms with E-state index in [0.29, 0.717) is 17.9 Å². The Balaban J connectivity index is 2.75. The first-order valence-corrected chi connectivity index (χ1v) is 5.96. The fourth-order valence-corrected chi connectivity index (χ4v) is 1.42. The number of ether oxygens (including phenoxy) is 1. The number of carbonyl (C=O) groups is 1. The summed E-state index contributed by atoms with van der Waals surface area (Å²) in [5.41, 5.74) is 0.522. The molecule has 0 heterocycles. The van der Waals surface area contributed by atoms with Crippen molar-refractivity contribution in [3.63, 3.8) is 0 Å². The van der Waals surface area contributed by atoms with Gasteiger partial charge in [-0.05, 0) is 31.5 Å². The lowest BCUT2D eigenvalue weighted by atomic mass is 10.1. The van der Waals surface area contributed by atoms with Gasteiger partial charge in [0.25, 0.3) is 5.91 Å². The van der Waals surface area contributed by atoms with Crippen molar-refractivity contribution in [3.05, 3.63) is 29.6 Å². The first-order chi connectivity index (χ1) is 9.08. The number of halogens is 1. The van der Waals surface area contributed by atoms with Crippen LogP contribution >= 0.6 is 0 Å². The quantitative estimate of drug-likeness (QED) is 0.470. The first kappa shape index (κ1) is 14.9. The van der Waals surface area contributed by atoms with Gasteiger partial charge in [0.15, 0.2) is 6.61 Å². The normalized spacial score (nSPS) is 11.2. The predicted octanol–water partition coefficient (Wildman–Crippen LogP) is 1.93. The van der Waals surface area contributed by atoms with Crippen molar-refractivity contribution in [2.75, 3.05) is 13.2 Å². The maximum atomic E-state index is 13.1. The molecular weight excluding hydrogens is 251 g/mol. The number of nitrogens with one attached hydrogen (secondary N) is 1.